The summed E-state index contributed by atoms with van der Waals surface area (Å²) in [6.45, 7) is 0.687. The molecule has 3 heteroatoms. The quantitative estimate of drug-likeness (QED) is 0.464. The van der Waals surface area contributed by atoms with Gasteiger partial charge in [0.05, 0.1) is 6.61 Å². The van der Waals surface area contributed by atoms with Crippen molar-refractivity contribution in [2.75, 3.05) is 12.4 Å². The molecule has 7 heavy (non-hydrogen) atoms. The molecule has 0 aliphatic carbocycles. The fourth-order valence-corrected chi connectivity index (χ4v) is 1.39. The Morgan fingerprint density at radius 2 is 2.29 bits per heavy atom. The Hall–Kier alpha value is 0.110. The number of rotatable bonds is 0. The highest BCUT2D eigenvalue weighted by molar-refractivity contribution is 7.80. The second kappa shape index (κ2) is 2.43. The van der Waals surface area contributed by atoms with E-state index >= 15 is 0 Å². The van der Waals surface area contributed by atoms with Gasteiger partial charge >= 0.3 is 0 Å². The summed E-state index contributed by atoms with van der Waals surface area (Å²) >= 11 is -0.940. The molecular formula is C4H8O2S. The Bertz CT molecular complexity index is 73.8. The van der Waals surface area contributed by atoms with Crippen molar-refractivity contribution in [2.24, 2.45) is 0 Å². The first-order valence-corrected chi connectivity index (χ1v) is 3.65. The van der Waals surface area contributed by atoms with Crippen LogP contribution in [0.2, 0.25) is 0 Å². The van der Waals surface area contributed by atoms with E-state index < -0.39 is 11.1 Å². The number of hydrogen-bond acceptors (Lipinski definition) is 2. The van der Waals surface area contributed by atoms with Gasteiger partial charge in [0.2, 0.25) is 0 Å². The molecule has 1 fully saturated rings. The first-order valence-electron chi connectivity index (χ1n) is 2.41. The van der Waals surface area contributed by atoms with Gasteiger partial charge in [0.15, 0.2) is 11.1 Å². The summed E-state index contributed by atoms with van der Waals surface area (Å²) in [6, 6.07) is 0. The lowest BCUT2D eigenvalue weighted by Crippen LogP contribution is -2.10. The highest BCUT2D eigenvalue weighted by Gasteiger charge is 2.04. The van der Waals surface area contributed by atoms with Gasteiger partial charge in [-0.25, -0.2) is 4.21 Å². The van der Waals surface area contributed by atoms with Gasteiger partial charge in [0, 0.05) is 5.75 Å². The highest BCUT2D eigenvalue weighted by Crippen LogP contribution is 2.02. The fourth-order valence-electron chi connectivity index (χ4n) is 0.533. The lowest BCUT2D eigenvalue weighted by Gasteiger charge is -2.07. The Labute approximate surface area is 45.5 Å². The molecule has 0 aromatic rings. The molecule has 0 bridgehead atoms. The van der Waals surface area contributed by atoms with Gasteiger partial charge in [0.1, 0.15) is 0 Å². The van der Waals surface area contributed by atoms with Crippen molar-refractivity contribution in [2.45, 2.75) is 12.8 Å². The van der Waals surface area contributed by atoms with Crippen LogP contribution in [0.5, 0.6) is 0 Å². The van der Waals surface area contributed by atoms with Crippen LogP contribution >= 0.6 is 0 Å². The van der Waals surface area contributed by atoms with Crippen LogP contribution < -0.4 is 0 Å². The van der Waals surface area contributed by atoms with Gasteiger partial charge in [-0.05, 0) is 12.8 Å². The summed E-state index contributed by atoms with van der Waals surface area (Å²) in [4.78, 5) is 0. The lowest BCUT2D eigenvalue weighted by molar-refractivity contribution is 0.320. The Morgan fingerprint density at radius 1 is 1.43 bits per heavy atom. The molecular weight excluding hydrogens is 112 g/mol. The van der Waals surface area contributed by atoms with Gasteiger partial charge in [-0.15, -0.1) is 0 Å². The minimum Gasteiger partial charge on any atom is -0.291 e. The summed E-state index contributed by atoms with van der Waals surface area (Å²) in [5, 5.41) is 0. The van der Waals surface area contributed by atoms with Crippen molar-refractivity contribution in [3.63, 3.8) is 0 Å². The summed E-state index contributed by atoms with van der Waals surface area (Å²) in [7, 11) is 0. The van der Waals surface area contributed by atoms with Crippen molar-refractivity contribution in [3.8, 4) is 0 Å². The van der Waals surface area contributed by atoms with Crippen molar-refractivity contribution >= 4 is 11.1 Å². The Morgan fingerprint density at radius 3 is 2.57 bits per heavy atom. The Kier molecular flexibility index (Phi) is 1.82. The molecule has 0 amide bonds. The minimum atomic E-state index is -0.940. The van der Waals surface area contributed by atoms with Crippen molar-refractivity contribution in [1.82, 2.24) is 0 Å². The van der Waals surface area contributed by atoms with Crippen LogP contribution in [0.25, 0.3) is 0 Å². The summed E-state index contributed by atoms with van der Waals surface area (Å²) in [5.41, 5.74) is 0. The van der Waals surface area contributed by atoms with E-state index in [9.17, 15) is 4.21 Å². The molecule has 0 unspecified atom stereocenters. The third-order valence-electron chi connectivity index (χ3n) is 0.920. The van der Waals surface area contributed by atoms with Crippen molar-refractivity contribution in [1.29, 1.82) is 0 Å². The van der Waals surface area contributed by atoms with E-state index in [4.69, 9.17) is 4.18 Å². The molecule has 1 atom stereocenters. The molecule has 1 heterocycles. The summed E-state index contributed by atoms with van der Waals surface area (Å²) < 4.78 is 15.1. The maximum atomic E-state index is 10.4. The molecule has 1 aliphatic heterocycles. The molecule has 1 saturated heterocycles. The predicted molar refractivity (Wildman–Crippen MR) is 28.2 cm³/mol. The first kappa shape index (κ1) is 5.25. The monoisotopic (exact) mass is 120 g/mol. The van der Waals surface area contributed by atoms with Gasteiger partial charge < -0.3 is 0 Å². The SMILES string of the molecule is O=[S@@]1CCCCO1. The zero-order valence-electron chi connectivity index (χ0n) is 4.05. The molecule has 0 aromatic heterocycles. The van der Waals surface area contributed by atoms with Gasteiger partial charge in [-0.3, -0.25) is 4.18 Å². The maximum Gasteiger partial charge on any atom is 0.155 e. The second-order valence-corrected chi connectivity index (χ2v) is 2.79. The zero-order valence-corrected chi connectivity index (χ0v) is 4.87. The highest BCUT2D eigenvalue weighted by atomic mass is 32.2. The van der Waals surface area contributed by atoms with E-state index in [-0.39, 0.29) is 0 Å². The van der Waals surface area contributed by atoms with E-state index in [0.717, 1.165) is 18.6 Å². The zero-order chi connectivity index (χ0) is 5.11. The molecule has 0 N–H and O–H groups in total. The normalized spacial score (nSPS) is 32.9. The van der Waals surface area contributed by atoms with Gasteiger partial charge in [-0.2, -0.15) is 0 Å². The van der Waals surface area contributed by atoms with E-state index in [1.807, 2.05) is 0 Å². The molecule has 0 aromatic carbocycles. The lowest BCUT2D eigenvalue weighted by atomic mass is 10.4. The standard InChI is InChI=1S/C4H8O2S/c5-7-4-2-1-3-6-7/h1-4H2/t7-/m0/s1. The average molecular weight is 120 g/mol. The average Bonchev–Trinajstić information content (AvgIpc) is 1.69. The summed E-state index contributed by atoms with van der Waals surface area (Å²) in [6.07, 6.45) is 2.14. The molecule has 1 aliphatic rings. The van der Waals surface area contributed by atoms with Crippen LogP contribution in [0.1, 0.15) is 12.8 Å². The van der Waals surface area contributed by atoms with Crippen LogP contribution in [-0.2, 0) is 15.3 Å². The summed E-state index contributed by atoms with van der Waals surface area (Å²) in [5.74, 6) is 0.736. The molecule has 0 radical (unpaired) electrons. The van der Waals surface area contributed by atoms with E-state index in [0.29, 0.717) is 6.61 Å². The largest absolute Gasteiger partial charge is 0.291 e. The first-order chi connectivity index (χ1) is 3.39. The van der Waals surface area contributed by atoms with Crippen molar-refractivity contribution < 1.29 is 8.39 Å². The third kappa shape index (κ3) is 1.57. The minimum absolute atomic E-state index is 0.687. The third-order valence-corrected chi connectivity index (χ3v) is 1.97. The van der Waals surface area contributed by atoms with Gasteiger partial charge in [0.25, 0.3) is 0 Å². The van der Waals surface area contributed by atoms with Crippen molar-refractivity contribution in [3.05, 3.63) is 0 Å². The Balaban J connectivity index is 2.25. The molecule has 1 rings (SSSR count). The molecule has 42 valence electrons. The molecule has 2 nitrogen and oxygen atoms in total. The van der Waals surface area contributed by atoms with Crippen LogP contribution in [-0.4, -0.2) is 16.6 Å². The van der Waals surface area contributed by atoms with E-state index in [1.165, 1.54) is 0 Å². The maximum absolute atomic E-state index is 10.4. The van der Waals surface area contributed by atoms with Crippen LogP contribution in [0.3, 0.4) is 0 Å². The van der Waals surface area contributed by atoms with Crippen LogP contribution in [0, 0.1) is 0 Å². The number of hydrogen-bond donors (Lipinski definition) is 0. The van der Waals surface area contributed by atoms with E-state index in [1.54, 1.807) is 0 Å². The van der Waals surface area contributed by atoms with Gasteiger partial charge in [-0.1, -0.05) is 0 Å². The van der Waals surface area contributed by atoms with Crippen LogP contribution in [0.4, 0.5) is 0 Å². The smallest absolute Gasteiger partial charge is 0.155 e. The van der Waals surface area contributed by atoms with Crippen LogP contribution in [0.15, 0.2) is 0 Å². The van der Waals surface area contributed by atoms with E-state index in [2.05, 4.69) is 0 Å². The predicted octanol–water partition coefficient (Wildman–Crippen LogP) is 0.461. The second-order valence-electron chi connectivity index (χ2n) is 1.54. The molecule has 0 spiro atoms. The fraction of sp³-hybridized carbons (Fsp3) is 1.00. The molecule has 0 saturated carbocycles. The topological polar surface area (TPSA) is 26.3 Å².